The summed E-state index contributed by atoms with van der Waals surface area (Å²) in [6.45, 7) is 8.31. The highest BCUT2D eigenvalue weighted by Crippen LogP contribution is 2.40. The molecule has 1 saturated heterocycles. The molecule has 1 rings (SSSR count). The zero-order chi connectivity index (χ0) is 22.2. The number of carbonyl (C=O) groups excluding carboxylic acids is 3. The largest absolute Gasteiger partial charge is 0.465 e. The topological polar surface area (TPSA) is 97.4 Å². The molecule has 8 nitrogen and oxygen atoms in total. The fourth-order valence-electron chi connectivity index (χ4n) is 3.69. The van der Waals surface area contributed by atoms with E-state index in [-0.39, 0.29) is 31.3 Å². The first-order valence-electron chi connectivity index (χ1n) is 9.79. The van der Waals surface area contributed by atoms with Crippen LogP contribution < -0.4 is 0 Å². The Kier molecular flexibility index (Phi) is 9.60. The molecule has 0 aliphatic carbocycles. The number of carbonyl (C=O) groups is 3. The molecule has 0 aromatic rings. The third-order valence-corrected chi connectivity index (χ3v) is 5.12. The molecule has 0 aromatic heterocycles. The standard InChI is InChI=1S/C21H32O8/c1-8-10-11-26-21(20(24)25-7)12-18(28-16(6)23)14(4)19(29-21)13(3)17(9-2)27-15(5)22/h1,13-14,17-19H,9-12H2,2-7H3/t13-,14?,17-,18?,19?,21?/m1/s1. The van der Waals surface area contributed by atoms with Crippen LogP contribution >= 0.6 is 0 Å². The molecule has 0 bridgehead atoms. The maximum Gasteiger partial charge on any atom is 0.366 e. The van der Waals surface area contributed by atoms with Crippen molar-refractivity contribution in [2.45, 2.75) is 78.0 Å². The fourth-order valence-corrected chi connectivity index (χ4v) is 3.69. The van der Waals surface area contributed by atoms with Crippen LogP contribution in [0, 0.1) is 24.2 Å². The van der Waals surface area contributed by atoms with Crippen molar-refractivity contribution in [3.05, 3.63) is 0 Å². The van der Waals surface area contributed by atoms with E-state index in [1.54, 1.807) is 0 Å². The van der Waals surface area contributed by atoms with E-state index in [9.17, 15) is 14.4 Å². The number of methoxy groups -OCH3 is 1. The lowest BCUT2D eigenvalue weighted by Gasteiger charge is -2.47. The predicted octanol–water partition coefficient (Wildman–Crippen LogP) is 2.23. The highest BCUT2D eigenvalue weighted by molar-refractivity contribution is 5.78. The first-order valence-corrected chi connectivity index (χ1v) is 9.79. The van der Waals surface area contributed by atoms with Crippen LogP contribution in [0.3, 0.4) is 0 Å². The molecule has 4 unspecified atom stereocenters. The van der Waals surface area contributed by atoms with Gasteiger partial charge in [0.05, 0.1) is 26.2 Å². The van der Waals surface area contributed by atoms with E-state index in [2.05, 4.69) is 5.92 Å². The van der Waals surface area contributed by atoms with Crippen LogP contribution in [0.25, 0.3) is 0 Å². The van der Waals surface area contributed by atoms with Gasteiger partial charge < -0.3 is 23.7 Å². The SMILES string of the molecule is C#CCCOC1(C(=O)OC)CC(OC(C)=O)C(C)C([C@H](C)[C@@H](CC)OC(C)=O)O1. The number of rotatable bonds is 9. The zero-order valence-electron chi connectivity index (χ0n) is 18.1. The Labute approximate surface area is 172 Å². The average Bonchev–Trinajstić information content (AvgIpc) is 2.66. The summed E-state index contributed by atoms with van der Waals surface area (Å²) in [5.41, 5.74) is 0. The maximum absolute atomic E-state index is 12.7. The van der Waals surface area contributed by atoms with Gasteiger partial charge in [-0.3, -0.25) is 9.59 Å². The highest BCUT2D eigenvalue weighted by atomic mass is 16.7. The van der Waals surface area contributed by atoms with Crippen molar-refractivity contribution in [2.24, 2.45) is 11.8 Å². The first-order chi connectivity index (χ1) is 13.6. The minimum Gasteiger partial charge on any atom is -0.465 e. The van der Waals surface area contributed by atoms with Crippen LogP contribution in [0.5, 0.6) is 0 Å². The van der Waals surface area contributed by atoms with Gasteiger partial charge in [-0.05, 0) is 6.42 Å². The Morgan fingerprint density at radius 2 is 1.93 bits per heavy atom. The van der Waals surface area contributed by atoms with Crippen molar-refractivity contribution in [2.75, 3.05) is 13.7 Å². The van der Waals surface area contributed by atoms with E-state index in [0.717, 1.165) is 0 Å². The fraction of sp³-hybridized carbons (Fsp3) is 0.762. The molecule has 8 heteroatoms. The molecule has 0 saturated carbocycles. The van der Waals surface area contributed by atoms with Gasteiger partial charge in [0.1, 0.15) is 12.2 Å². The van der Waals surface area contributed by atoms with Crippen molar-refractivity contribution in [3.63, 3.8) is 0 Å². The van der Waals surface area contributed by atoms with Crippen LogP contribution in [0.15, 0.2) is 0 Å². The third-order valence-electron chi connectivity index (χ3n) is 5.12. The van der Waals surface area contributed by atoms with Gasteiger partial charge in [0.15, 0.2) is 0 Å². The summed E-state index contributed by atoms with van der Waals surface area (Å²) in [6.07, 6.45) is 4.36. The van der Waals surface area contributed by atoms with E-state index in [0.29, 0.717) is 6.42 Å². The highest BCUT2D eigenvalue weighted by Gasteiger charge is 2.55. The Morgan fingerprint density at radius 1 is 1.28 bits per heavy atom. The van der Waals surface area contributed by atoms with Gasteiger partial charge in [0.25, 0.3) is 5.79 Å². The second-order valence-corrected chi connectivity index (χ2v) is 7.26. The molecular weight excluding hydrogens is 380 g/mol. The Morgan fingerprint density at radius 3 is 2.41 bits per heavy atom. The van der Waals surface area contributed by atoms with Crippen molar-refractivity contribution in [1.29, 1.82) is 0 Å². The quantitative estimate of drug-likeness (QED) is 0.246. The number of terminal acetylenes is 1. The summed E-state index contributed by atoms with van der Waals surface area (Å²) in [6, 6.07) is 0. The summed E-state index contributed by atoms with van der Waals surface area (Å²) in [5.74, 6) is -1.55. The van der Waals surface area contributed by atoms with Gasteiger partial charge in [-0.15, -0.1) is 12.3 Å². The second kappa shape index (κ2) is 11.2. The average molecular weight is 412 g/mol. The molecule has 1 fully saturated rings. The molecule has 0 N–H and O–H groups in total. The molecule has 1 aliphatic rings. The second-order valence-electron chi connectivity index (χ2n) is 7.26. The summed E-state index contributed by atoms with van der Waals surface area (Å²) < 4.78 is 27.8. The minimum absolute atomic E-state index is 0.0292. The maximum atomic E-state index is 12.7. The Hall–Kier alpha value is -2.11. The van der Waals surface area contributed by atoms with Crippen molar-refractivity contribution in [3.8, 4) is 12.3 Å². The predicted molar refractivity (Wildman–Crippen MR) is 103 cm³/mol. The van der Waals surface area contributed by atoms with Crippen molar-refractivity contribution in [1.82, 2.24) is 0 Å². The van der Waals surface area contributed by atoms with Crippen molar-refractivity contribution >= 4 is 17.9 Å². The third kappa shape index (κ3) is 6.44. The van der Waals surface area contributed by atoms with Crippen LogP contribution in [0.4, 0.5) is 0 Å². The monoisotopic (exact) mass is 412 g/mol. The number of hydrogen-bond donors (Lipinski definition) is 0. The van der Waals surface area contributed by atoms with Gasteiger partial charge in [-0.2, -0.15) is 0 Å². The first kappa shape index (κ1) is 24.9. The van der Waals surface area contributed by atoms with Crippen LogP contribution in [-0.4, -0.2) is 55.7 Å². The molecule has 1 heterocycles. The smallest absolute Gasteiger partial charge is 0.366 e. The molecule has 6 atom stereocenters. The van der Waals surface area contributed by atoms with E-state index >= 15 is 0 Å². The molecule has 29 heavy (non-hydrogen) atoms. The lowest BCUT2D eigenvalue weighted by molar-refractivity contribution is -0.313. The van der Waals surface area contributed by atoms with Crippen LogP contribution in [0.2, 0.25) is 0 Å². The summed E-state index contributed by atoms with van der Waals surface area (Å²) >= 11 is 0. The minimum atomic E-state index is -1.77. The van der Waals surface area contributed by atoms with E-state index in [1.165, 1.54) is 21.0 Å². The molecule has 0 aromatic carbocycles. The molecule has 1 aliphatic heterocycles. The van der Waals surface area contributed by atoms with E-state index in [1.807, 2.05) is 20.8 Å². The number of hydrogen-bond acceptors (Lipinski definition) is 8. The summed E-state index contributed by atoms with van der Waals surface area (Å²) in [4.78, 5) is 35.8. The Bertz CT molecular complexity index is 625. The van der Waals surface area contributed by atoms with Gasteiger partial charge in [-0.1, -0.05) is 20.8 Å². The van der Waals surface area contributed by atoms with Gasteiger partial charge in [0.2, 0.25) is 0 Å². The zero-order valence-corrected chi connectivity index (χ0v) is 18.1. The van der Waals surface area contributed by atoms with Crippen LogP contribution in [-0.2, 0) is 38.1 Å². The number of esters is 3. The molecule has 0 amide bonds. The molecule has 164 valence electrons. The summed E-state index contributed by atoms with van der Waals surface area (Å²) in [5, 5.41) is 0. The van der Waals surface area contributed by atoms with Gasteiger partial charge >= 0.3 is 17.9 Å². The van der Waals surface area contributed by atoms with E-state index in [4.69, 9.17) is 30.1 Å². The molecular formula is C21H32O8. The number of ether oxygens (including phenoxy) is 5. The van der Waals surface area contributed by atoms with Crippen molar-refractivity contribution < 1.29 is 38.1 Å². The van der Waals surface area contributed by atoms with Crippen LogP contribution in [0.1, 0.15) is 53.9 Å². The van der Waals surface area contributed by atoms with Gasteiger partial charge in [-0.25, -0.2) is 4.79 Å². The van der Waals surface area contributed by atoms with Gasteiger partial charge in [0, 0.05) is 32.1 Å². The van der Waals surface area contributed by atoms with E-state index < -0.39 is 42.0 Å². The molecule has 0 spiro atoms. The molecule has 0 radical (unpaired) electrons. The summed E-state index contributed by atoms with van der Waals surface area (Å²) in [7, 11) is 1.23. The Balaban J connectivity index is 3.30. The normalized spacial score (nSPS) is 28.5. The lowest BCUT2D eigenvalue weighted by atomic mass is 9.80. The lowest BCUT2D eigenvalue weighted by Crippen LogP contribution is -2.60.